The summed E-state index contributed by atoms with van der Waals surface area (Å²) in [6, 6.07) is 29.4. The van der Waals surface area contributed by atoms with Gasteiger partial charge in [0.2, 0.25) is 0 Å². The van der Waals surface area contributed by atoms with E-state index in [1.807, 2.05) is 91.0 Å². The van der Waals surface area contributed by atoms with Gasteiger partial charge in [-0.25, -0.2) is 4.79 Å². The van der Waals surface area contributed by atoms with Gasteiger partial charge in [-0.3, -0.25) is 4.90 Å². The van der Waals surface area contributed by atoms with Gasteiger partial charge in [-0.15, -0.1) is 0 Å². The van der Waals surface area contributed by atoms with E-state index >= 15 is 0 Å². The van der Waals surface area contributed by atoms with Gasteiger partial charge in [-0.2, -0.15) is 0 Å². The summed E-state index contributed by atoms with van der Waals surface area (Å²) in [5.74, 6) is 1.40. The summed E-state index contributed by atoms with van der Waals surface area (Å²) in [5, 5.41) is 0. The number of hydrogen-bond donors (Lipinski definition) is 0. The zero-order chi connectivity index (χ0) is 23.2. The van der Waals surface area contributed by atoms with Crippen molar-refractivity contribution in [3.05, 3.63) is 101 Å². The van der Waals surface area contributed by atoms with Crippen LogP contribution in [0.5, 0.6) is 5.75 Å². The maximum atomic E-state index is 13.2. The molecule has 0 radical (unpaired) electrons. The van der Waals surface area contributed by atoms with Gasteiger partial charge >= 0.3 is 5.63 Å². The molecule has 0 unspecified atom stereocenters. The zero-order valence-corrected chi connectivity index (χ0v) is 19.3. The monoisotopic (exact) mass is 451 g/mol. The lowest BCUT2D eigenvalue weighted by Gasteiger charge is -2.26. The van der Waals surface area contributed by atoms with Crippen LogP contribution in [-0.4, -0.2) is 31.1 Å². The van der Waals surface area contributed by atoms with Crippen LogP contribution >= 0.6 is 0 Å². The number of benzene rings is 3. The molecular weight excluding hydrogens is 422 g/mol. The second-order valence-electron chi connectivity index (χ2n) is 8.69. The van der Waals surface area contributed by atoms with Crippen molar-refractivity contribution in [1.29, 1.82) is 0 Å². The summed E-state index contributed by atoms with van der Waals surface area (Å²) in [6.45, 7) is 3.98. The van der Waals surface area contributed by atoms with Crippen LogP contribution in [-0.2, 0) is 0 Å². The van der Waals surface area contributed by atoms with Crippen molar-refractivity contribution in [3.63, 3.8) is 0 Å². The first-order valence-corrected chi connectivity index (χ1v) is 12.0. The maximum Gasteiger partial charge on any atom is 0.344 e. The minimum atomic E-state index is -0.343. The van der Waals surface area contributed by atoms with Gasteiger partial charge in [0.05, 0.1) is 5.56 Å². The number of rotatable bonds is 7. The largest absolute Gasteiger partial charge is 0.492 e. The van der Waals surface area contributed by atoms with Gasteiger partial charge in [-0.1, -0.05) is 79.2 Å². The first kappa shape index (κ1) is 22.2. The third-order valence-corrected chi connectivity index (χ3v) is 6.36. The number of nitrogens with zero attached hydrogens (tertiary/aromatic N) is 1. The molecule has 1 saturated heterocycles. The molecule has 34 heavy (non-hydrogen) atoms. The molecule has 0 aliphatic carbocycles. The summed E-state index contributed by atoms with van der Waals surface area (Å²) in [5.41, 5.74) is 3.74. The highest BCUT2D eigenvalue weighted by Gasteiger charge is 2.17. The fourth-order valence-electron chi connectivity index (χ4n) is 4.55. The quantitative estimate of drug-likeness (QED) is 0.321. The summed E-state index contributed by atoms with van der Waals surface area (Å²) in [4.78, 5) is 15.6. The molecule has 0 bridgehead atoms. The Kier molecular flexibility index (Phi) is 6.87. The molecule has 1 fully saturated rings. The van der Waals surface area contributed by atoms with Gasteiger partial charge in [0.1, 0.15) is 18.1 Å². The van der Waals surface area contributed by atoms with E-state index < -0.39 is 0 Å². The van der Waals surface area contributed by atoms with Crippen LogP contribution in [0.2, 0.25) is 0 Å². The fourth-order valence-corrected chi connectivity index (χ4v) is 4.55. The standard InChI is InChI=1S/C30H29NO3/c32-30-29(25-12-6-2-7-13-25)27(22-28(34-30)24-10-4-1-5-11-24)23-14-16-26(17-15-23)33-21-20-31-18-8-3-9-19-31/h1-2,4-7,10-17,22H,3,8-9,18-21H2. The van der Waals surface area contributed by atoms with Gasteiger partial charge < -0.3 is 9.15 Å². The summed E-state index contributed by atoms with van der Waals surface area (Å²) < 4.78 is 11.8. The summed E-state index contributed by atoms with van der Waals surface area (Å²) in [7, 11) is 0. The van der Waals surface area contributed by atoms with E-state index in [2.05, 4.69) is 4.90 Å². The van der Waals surface area contributed by atoms with Crippen molar-refractivity contribution >= 4 is 0 Å². The zero-order valence-electron chi connectivity index (χ0n) is 19.3. The highest BCUT2D eigenvalue weighted by atomic mass is 16.5. The van der Waals surface area contributed by atoms with Crippen LogP contribution in [0.3, 0.4) is 0 Å². The molecule has 0 atom stereocenters. The molecule has 3 aromatic carbocycles. The third-order valence-electron chi connectivity index (χ3n) is 6.36. The number of likely N-dealkylation sites (tertiary alicyclic amines) is 1. The van der Waals surface area contributed by atoms with Crippen LogP contribution in [0.1, 0.15) is 19.3 Å². The second kappa shape index (κ2) is 10.5. The molecule has 2 heterocycles. The van der Waals surface area contributed by atoms with Crippen LogP contribution < -0.4 is 10.4 Å². The van der Waals surface area contributed by atoms with E-state index in [1.54, 1.807) is 0 Å². The van der Waals surface area contributed by atoms with E-state index in [9.17, 15) is 4.79 Å². The van der Waals surface area contributed by atoms with Crippen LogP contribution in [0, 0.1) is 0 Å². The highest BCUT2D eigenvalue weighted by Crippen LogP contribution is 2.34. The molecule has 4 aromatic rings. The van der Waals surface area contributed by atoms with E-state index in [0.717, 1.165) is 34.5 Å². The number of hydrogen-bond acceptors (Lipinski definition) is 4. The number of piperidine rings is 1. The van der Waals surface area contributed by atoms with E-state index in [1.165, 1.54) is 32.4 Å². The normalized spacial score (nSPS) is 14.1. The van der Waals surface area contributed by atoms with Gasteiger partial charge in [0, 0.05) is 17.7 Å². The molecule has 1 aliphatic heterocycles. The summed E-state index contributed by atoms with van der Waals surface area (Å²) in [6.07, 6.45) is 3.91. The molecule has 4 nitrogen and oxygen atoms in total. The molecule has 1 aromatic heterocycles. The summed E-state index contributed by atoms with van der Waals surface area (Å²) >= 11 is 0. The topological polar surface area (TPSA) is 42.7 Å². The molecule has 0 saturated carbocycles. The SMILES string of the molecule is O=c1oc(-c2ccccc2)cc(-c2ccc(OCCN3CCCCC3)cc2)c1-c1ccccc1. The van der Waals surface area contributed by atoms with E-state index in [-0.39, 0.29) is 5.63 Å². The van der Waals surface area contributed by atoms with E-state index in [0.29, 0.717) is 17.9 Å². The predicted octanol–water partition coefficient (Wildman–Crippen LogP) is 6.51. The molecule has 4 heteroatoms. The van der Waals surface area contributed by atoms with Crippen LogP contribution in [0.25, 0.3) is 33.6 Å². The molecule has 172 valence electrons. The predicted molar refractivity (Wildman–Crippen MR) is 137 cm³/mol. The highest BCUT2D eigenvalue weighted by molar-refractivity contribution is 5.84. The van der Waals surface area contributed by atoms with Crippen LogP contribution in [0.4, 0.5) is 0 Å². The Morgan fingerprint density at radius 1 is 0.735 bits per heavy atom. The lowest BCUT2D eigenvalue weighted by molar-refractivity contribution is 0.183. The lowest BCUT2D eigenvalue weighted by Crippen LogP contribution is -2.33. The van der Waals surface area contributed by atoms with Crippen molar-refractivity contribution in [2.75, 3.05) is 26.2 Å². The Bertz CT molecular complexity index is 1260. The average molecular weight is 452 g/mol. The second-order valence-corrected chi connectivity index (χ2v) is 8.69. The van der Waals surface area contributed by atoms with Crippen molar-refractivity contribution in [2.45, 2.75) is 19.3 Å². The Hall–Kier alpha value is -3.63. The molecule has 0 N–H and O–H groups in total. The average Bonchev–Trinajstić information content (AvgIpc) is 2.90. The smallest absolute Gasteiger partial charge is 0.344 e. The lowest BCUT2D eigenvalue weighted by atomic mass is 9.95. The van der Waals surface area contributed by atoms with Gasteiger partial charge in [0.25, 0.3) is 0 Å². The third kappa shape index (κ3) is 5.13. The van der Waals surface area contributed by atoms with Crippen molar-refractivity contribution in [1.82, 2.24) is 4.90 Å². The molecule has 1 aliphatic rings. The maximum absolute atomic E-state index is 13.2. The Balaban J connectivity index is 1.44. The minimum Gasteiger partial charge on any atom is -0.492 e. The Morgan fingerprint density at radius 3 is 2.06 bits per heavy atom. The van der Waals surface area contributed by atoms with Crippen molar-refractivity contribution in [2.24, 2.45) is 0 Å². The van der Waals surface area contributed by atoms with E-state index in [4.69, 9.17) is 9.15 Å². The number of ether oxygens (including phenoxy) is 1. The van der Waals surface area contributed by atoms with Gasteiger partial charge in [0.15, 0.2) is 0 Å². The first-order valence-electron chi connectivity index (χ1n) is 12.0. The minimum absolute atomic E-state index is 0.343. The fraction of sp³-hybridized carbons (Fsp3) is 0.233. The molecule has 0 amide bonds. The van der Waals surface area contributed by atoms with Crippen molar-refractivity contribution in [3.8, 4) is 39.3 Å². The van der Waals surface area contributed by atoms with Crippen LogP contribution in [0.15, 0.2) is 100 Å². The Morgan fingerprint density at radius 2 is 1.38 bits per heavy atom. The first-order chi connectivity index (χ1) is 16.8. The molecular formula is C30H29NO3. The Labute approximate surface area is 200 Å². The molecule has 5 rings (SSSR count). The van der Waals surface area contributed by atoms with Crippen molar-refractivity contribution < 1.29 is 9.15 Å². The molecule has 0 spiro atoms. The van der Waals surface area contributed by atoms with Gasteiger partial charge in [-0.05, 0) is 55.3 Å².